The summed E-state index contributed by atoms with van der Waals surface area (Å²) in [5.41, 5.74) is 0. The van der Waals surface area contributed by atoms with Gasteiger partial charge in [0.05, 0.1) is 32.2 Å². The van der Waals surface area contributed by atoms with Crippen LogP contribution in [-0.2, 0) is 24.0 Å². The second-order valence-corrected chi connectivity index (χ2v) is 14.2. The maximum atomic E-state index is 13.2. The van der Waals surface area contributed by atoms with E-state index >= 15 is 0 Å². The number of carboxylic acid groups (broad SMARTS) is 3. The first-order chi connectivity index (χ1) is 23.7. The molecule has 1 saturated carbocycles. The maximum absolute atomic E-state index is 13.2. The molecule has 17 nitrogen and oxygen atoms in total. The monoisotopic (exact) mass is 712 g/mol. The van der Waals surface area contributed by atoms with Crippen LogP contribution in [-0.4, -0.2) is 195 Å². The molecular weight excluding hydrogens is 655 g/mol. The minimum absolute atomic E-state index is 0.0372. The fourth-order valence-corrected chi connectivity index (χ4v) is 7.36. The van der Waals surface area contributed by atoms with Crippen molar-refractivity contribution in [2.45, 2.75) is 76.5 Å². The summed E-state index contributed by atoms with van der Waals surface area (Å²) < 4.78 is 0. The molecule has 284 valence electrons. The molecule has 3 atom stereocenters. The average molecular weight is 713 g/mol. The first kappa shape index (κ1) is 41.7. The van der Waals surface area contributed by atoms with E-state index in [4.69, 9.17) is 0 Å². The molecule has 1 aliphatic carbocycles. The Hall–Kier alpha value is -2.71. The number of aliphatic carboxylic acids is 3. The van der Waals surface area contributed by atoms with Crippen LogP contribution in [0.4, 0.5) is 0 Å². The van der Waals surface area contributed by atoms with Crippen molar-refractivity contribution in [1.29, 1.82) is 0 Å². The third kappa shape index (κ3) is 14.5. The lowest BCUT2D eigenvalue weighted by molar-refractivity contribution is -0.140. The van der Waals surface area contributed by atoms with Crippen LogP contribution in [0.5, 0.6) is 0 Å². The Bertz CT molecular complexity index is 1100. The van der Waals surface area contributed by atoms with Gasteiger partial charge in [-0.05, 0) is 57.8 Å². The first-order valence-electron chi connectivity index (χ1n) is 17.9. The van der Waals surface area contributed by atoms with Gasteiger partial charge in [0, 0.05) is 77.2 Å². The molecule has 2 saturated heterocycles. The first-order valence-corrected chi connectivity index (χ1v) is 17.9. The summed E-state index contributed by atoms with van der Waals surface area (Å²) in [6.07, 6.45) is 4.25. The smallest absolute Gasteiger partial charge is 0.469 e. The van der Waals surface area contributed by atoms with Crippen LogP contribution in [0.2, 0.25) is 0 Å². The molecule has 2 aliphatic heterocycles. The molecule has 50 heavy (non-hydrogen) atoms. The molecule has 3 aliphatic rings. The number of nitrogens with zero attached hydrogens (tertiary/aromatic N) is 5. The van der Waals surface area contributed by atoms with Gasteiger partial charge in [0.1, 0.15) is 12.0 Å². The molecule has 2 heterocycles. The van der Waals surface area contributed by atoms with Crippen molar-refractivity contribution in [1.82, 2.24) is 29.8 Å². The number of aliphatic hydroxyl groups is 1. The van der Waals surface area contributed by atoms with Crippen LogP contribution >= 0.6 is 0 Å². The highest BCUT2D eigenvalue weighted by atomic mass is 16.4. The highest BCUT2D eigenvalue weighted by molar-refractivity contribution is 6.43. The lowest BCUT2D eigenvalue weighted by atomic mass is 9.77. The Balaban J connectivity index is 1.48. The van der Waals surface area contributed by atoms with E-state index < -0.39 is 43.2 Å². The van der Waals surface area contributed by atoms with E-state index in [2.05, 4.69) is 5.32 Å². The number of hydrogen-bond acceptors (Lipinski definition) is 13. The standard InChI is InChI=1S/C32H57BN6O11/c1-23(32(48)39-10-2-3-27(39)33(49)50)34-31(47)25-7-4-24(5-8-25)6-9-26(40)19-35-11-13-36(20-28(41)42)15-17-38(22-30(45)46)18-16-37(14-12-35)21-29(43)44/h23-25,27,32,48-50H,2-22H2,1H3,(H,34,47)(H,41,42)(H,43,44)(H,45,46)/t23-,24?,25?,27+,32?/m1/s1. The van der Waals surface area contributed by atoms with Crippen molar-refractivity contribution >= 4 is 36.7 Å². The Morgan fingerprint density at radius 3 is 1.54 bits per heavy atom. The van der Waals surface area contributed by atoms with Gasteiger partial charge in [0.2, 0.25) is 5.91 Å². The lowest BCUT2D eigenvalue weighted by Gasteiger charge is -2.34. The van der Waals surface area contributed by atoms with E-state index in [9.17, 15) is 54.4 Å². The summed E-state index contributed by atoms with van der Waals surface area (Å²) in [6.45, 7) is 4.42. The van der Waals surface area contributed by atoms with E-state index in [1.165, 1.54) is 0 Å². The van der Waals surface area contributed by atoms with Gasteiger partial charge in [-0.3, -0.25) is 48.5 Å². The molecular formula is C32H57BN6O11. The largest absolute Gasteiger partial charge is 0.480 e. The summed E-state index contributed by atoms with van der Waals surface area (Å²) in [7, 11) is -1.56. The van der Waals surface area contributed by atoms with Crippen molar-refractivity contribution < 1.29 is 54.4 Å². The molecule has 0 bridgehead atoms. The van der Waals surface area contributed by atoms with Gasteiger partial charge in [0.25, 0.3) is 0 Å². The number of likely N-dealkylation sites (tertiary alicyclic amines) is 1. The van der Waals surface area contributed by atoms with Crippen LogP contribution in [0, 0.1) is 11.8 Å². The van der Waals surface area contributed by atoms with Crippen molar-refractivity contribution in [3.05, 3.63) is 0 Å². The number of nitrogens with one attached hydrogen (secondary N) is 1. The number of amides is 1. The summed E-state index contributed by atoms with van der Waals surface area (Å²) in [5, 5.41) is 61.1. The molecule has 0 spiro atoms. The predicted molar refractivity (Wildman–Crippen MR) is 182 cm³/mol. The third-order valence-electron chi connectivity index (χ3n) is 10.3. The minimum Gasteiger partial charge on any atom is -0.480 e. The van der Waals surface area contributed by atoms with Gasteiger partial charge < -0.3 is 35.8 Å². The summed E-state index contributed by atoms with van der Waals surface area (Å²) in [5.74, 6) is -3.60. The van der Waals surface area contributed by atoms with Gasteiger partial charge in [-0.2, -0.15) is 0 Å². The number of aliphatic hydroxyl groups excluding tert-OH is 1. The highest BCUT2D eigenvalue weighted by Gasteiger charge is 2.39. The maximum Gasteiger partial charge on any atom is 0.469 e. The van der Waals surface area contributed by atoms with Gasteiger partial charge in [0.15, 0.2) is 0 Å². The SMILES string of the molecule is C[C@@H](NC(=O)C1CCC(CCC(=O)CN2CCN(CC(=O)O)CCN(CC(=O)O)CCN(CC(=O)O)CC2)CC1)C(O)N1CCC[C@H]1B(O)O. The fraction of sp³-hybridized carbons (Fsp3) is 0.844. The lowest BCUT2D eigenvalue weighted by Crippen LogP contribution is -2.56. The summed E-state index contributed by atoms with van der Waals surface area (Å²) in [4.78, 5) is 69.3. The molecule has 0 aromatic carbocycles. The Labute approximate surface area is 294 Å². The molecule has 0 aromatic rings. The van der Waals surface area contributed by atoms with Gasteiger partial charge in [-0.15, -0.1) is 0 Å². The second-order valence-electron chi connectivity index (χ2n) is 14.2. The highest BCUT2D eigenvalue weighted by Crippen LogP contribution is 2.32. The Kier molecular flexibility index (Phi) is 17.5. The minimum atomic E-state index is -1.56. The fourth-order valence-electron chi connectivity index (χ4n) is 7.36. The molecule has 18 heteroatoms. The number of carbonyl (C=O) groups is 5. The van der Waals surface area contributed by atoms with Crippen LogP contribution in [0.1, 0.15) is 58.3 Å². The quantitative estimate of drug-likeness (QED) is 0.0851. The van der Waals surface area contributed by atoms with Crippen LogP contribution < -0.4 is 5.32 Å². The molecule has 1 unspecified atom stereocenters. The molecule has 3 rings (SSSR count). The predicted octanol–water partition coefficient (Wildman–Crippen LogP) is -2.08. The van der Waals surface area contributed by atoms with E-state index in [1.54, 1.807) is 26.5 Å². The average Bonchev–Trinajstić information content (AvgIpc) is 3.55. The van der Waals surface area contributed by atoms with Crippen molar-refractivity contribution in [3.8, 4) is 0 Å². The molecule has 7 N–H and O–H groups in total. The summed E-state index contributed by atoms with van der Waals surface area (Å²) >= 11 is 0. The van der Waals surface area contributed by atoms with Crippen molar-refractivity contribution in [2.75, 3.05) is 85.1 Å². The number of hydrogen-bond donors (Lipinski definition) is 7. The normalized spacial score (nSPS) is 25.6. The summed E-state index contributed by atoms with van der Waals surface area (Å²) in [6, 6.07) is -0.581. The number of ketones is 1. The van der Waals surface area contributed by atoms with E-state index in [0.717, 1.165) is 19.3 Å². The van der Waals surface area contributed by atoms with Crippen LogP contribution in [0.3, 0.4) is 0 Å². The number of rotatable bonds is 16. The third-order valence-corrected chi connectivity index (χ3v) is 10.3. The second kappa shape index (κ2) is 21.0. The van der Waals surface area contributed by atoms with Gasteiger partial charge in [-0.1, -0.05) is 0 Å². The zero-order chi connectivity index (χ0) is 36.8. The molecule has 1 amide bonds. The van der Waals surface area contributed by atoms with E-state index in [0.29, 0.717) is 96.9 Å². The zero-order valence-electron chi connectivity index (χ0n) is 29.3. The van der Waals surface area contributed by atoms with Crippen LogP contribution in [0.15, 0.2) is 0 Å². The van der Waals surface area contributed by atoms with Crippen molar-refractivity contribution in [3.63, 3.8) is 0 Å². The van der Waals surface area contributed by atoms with Gasteiger partial charge in [-0.25, -0.2) is 0 Å². The Morgan fingerprint density at radius 1 is 0.680 bits per heavy atom. The van der Waals surface area contributed by atoms with E-state index in [1.807, 2.05) is 4.90 Å². The van der Waals surface area contributed by atoms with Crippen molar-refractivity contribution in [2.24, 2.45) is 11.8 Å². The number of carbonyl (C=O) groups excluding carboxylic acids is 2. The number of Topliss-reactive ketones (excluding diaryl/α,β-unsaturated/α-hetero) is 1. The molecule has 0 aromatic heterocycles. The molecule has 0 radical (unpaired) electrons. The topological polar surface area (TPSA) is 235 Å². The van der Waals surface area contributed by atoms with Crippen LogP contribution in [0.25, 0.3) is 0 Å². The molecule has 3 fully saturated rings. The van der Waals surface area contributed by atoms with E-state index in [-0.39, 0.29) is 43.8 Å². The Morgan fingerprint density at radius 2 is 1.12 bits per heavy atom. The zero-order valence-corrected chi connectivity index (χ0v) is 29.3. The number of carboxylic acids is 3. The van der Waals surface area contributed by atoms with Gasteiger partial charge >= 0.3 is 25.0 Å².